The first-order chi connectivity index (χ1) is 21.2. The number of halogens is 1. The van der Waals surface area contributed by atoms with Gasteiger partial charge in [0, 0.05) is 47.0 Å². The number of para-hydroxylation sites is 1. The summed E-state index contributed by atoms with van der Waals surface area (Å²) in [7, 11) is 1.62. The lowest BCUT2D eigenvalue weighted by atomic mass is 9.79. The molecule has 1 unspecified atom stereocenters. The Hall–Kier alpha value is -4.04. The van der Waals surface area contributed by atoms with Gasteiger partial charge in [-0.2, -0.15) is 0 Å². The van der Waals surface area contributed by atoms with Crippen LogP contribution in [0.4, 0.5) is 15.8 Å². The van der Waals surface area contributed by atoms with Crippen LogP contribution in [0.2, 0.25) is 0 Å². The fourth-order valence-corrected chi connectivity index (χ4v) is 7.56. The van der Waals surface area contributed by atoms with Crippen LogP contribution < -0.4 is 9.64 Å². The average molecular weight is 611 g/mol. The van der Waals surface area contributed by atoms with Gasteiger partial charge in [-0.3, -0.25) is 9.69 Å². The third-order valence-electron chi connectivity index (χ3n) is 8.70. The maximum Gasteiger partial charge on any atom is 0.266 e. The predicted octanol–water partition coefficient (Wildman–Crippen LogP) is 8.66. The number of anilines is 1. The topological polar surface area (TPSA) is 60.9 Å². The van der Waals surface area contributed by atoms with Gasteiger partial charge in [0.15, 0.2) is 5.17 Å². The molecule has 0 aliphatic carbocycles. The Labute approximate surface area is 263 Å². The van der Waals surface area contributed by atoms with Crippen LogP contribution in [0.15, 0.2) is 76.8 Å². The molecule has 3 heterocycles. The van der Waals surface area contributed by atoms with Crippen molar-refractivity contribution in [3.05, 3.63) is 94.3 Å². The number of nitrogens with one attached hydrogen (secondary N) is 1. The van der Waals surface area contributed by atoms with Gasteiger partial charge in [0.05, 0.1) is 17.7 Å². The summed E-state index contributed by atoms with van der Waals surface area (Å²) in [4.78, 5) is 26.6. The molecule has 1 saturated heterocycles. The summed E-state index contributed by atoms with van der Waals surface area (Å²) in [6.07, 6.45) is 6.33. The Morgan fingerprint density at radius 1 is 1.14 bits per heavy atom. The molecule has 3 aromatic carbocycles. The van der Waals surface area contributed by atoms with Crippen molar-refractivity contribution in [3.8, 4) is 5.75 Å². The second-order valence-electron chi connectivity index (χ2n) is 12.3. The summed E-state index contributed by atoms with van der Waals surface area (Å²) in [5.74, 6) is 0.527. The van der Waals surface area contributed by atoms with Crippen LogP contribution in [0.1, 0.15) is 63.1 Å². The Balaban J connectivity index is 1.34. The number of aromatic nitrogens is 1. The molecule has 228 valence electrons. The van der Waals surface area contributed by atoms with Crippen molar-refractivity contribution in [3.63, 3.8) is 0 Å². The number of hydrogen-bond acceptors (Lipinski definition) is 5. The molecule has 1 N–H and O–H groups in total. The minimum absolute atomic E-state index is 0.0514. The van der Waals surface area contributed by atoms with Gasteiger partial charge in [0.25, 0.3) is 5.91 Å². The maximum absolute atomic E-state index is 15.8. The normalized spacial score (nSPS) is 19.8. The first-order valence-electron chi connectivity index (χ1n) is 15.3. The summed E-state index contributed by atoms with van der Waals surface area (Å²) < 4.78 is 21.1. The lowest BCUT2D eigenvalue weighted by Gasteiger charge is -2.47. The van der Waals surface area contributed by atoms with Crippen LogP contribution in [0.25, 0.3) is 17.0 Å². The van der Waals surface area contributed by atoms with Gasteiger partial charge < -0.3 is 14.6 Å². The molecule has 6 nitrogen and oxygen atoms in total. The largest absolute Gasteiger partial charge is 0.497 e. The number of ether oxygens (including phenoxy) is 1. The fraction of sp³-hybridized carbons (Fsp3) is 0.333. The second kappa shape index (κ2) is 12.2. The van der Waals surface area contributed by atoms with E-state index in [0.29, 0.717) is 34.3 Å². The van der Waals surface area contributed by atoms with Crippen LogP contribution >= 0.6 is 11.8 Å². The number of rotatable bonds is 8. The first kappa shape index (κ1) is 30.0. The van der Waals surface area contributed by atoms with Crippen molar-refractivity contribution in [1.82, 2.24) is 9.88 Å². The highest BCUT2D eigenvalue weighted by molar-refractivity contribution is 8.18. The van der Waals surface area contributed by atoms with E-state index in [9.17, 15) is 4.79 Å². The van der Waals surface area contributed by atoms with Crippen molar-refractivity contribution in [2.24, 2.45) is 4.99 Å². The van der Waals surface area contributed by atoms with E-state index in [1.807, 2.05) is 54.7 Å². The second-order valence-corrected chi connectivity index (χ2v) is 13.3. The van der Waals surface area contributed by atoms with E-state index in [0.717, 1.165) is 52.9 Å². The number of thioether (sulfide) groups is 1. The Bertz CT molecular complexity index is 1760. The Morgan fingerprint density at radius 2 is 1.91 bits per heavy atom. The highest BCUT2D eigenvalue weighted by Crippen LogP contribution is 2.45. The molecule has 1 fully saturated rings. The molecule has 1 amide bonds. The van der Waals surface area contributed by atoms with Crippen LogP contribution in [-0.4, -0.2) is 46.7 Å². The minimum Gasteiger partial charge on any atom is -0.497 e. The summed E-state index contributed by atoms with van der Waals surface area (Å²) >= 11 is 1.29. The van der Waals surface area contributed by atoms with E-state index >= 15 is 4.39 Å². The molecule has 2 aliphatic heterocycles. The van der Waals surface area contributed by atoms with E-state index in [1.165, 1.54) is 11.8 Å². The van der Waals surface area contributed by atoms with Gasteiger partial charge in [-0.15, -0.1) is 0 Å². The third kappa shape index (κ3) is 5.75. The van der Waals surface area contributed by atoms with Crippen LogP contribution in [0, 0.1) is 5.82 Å². The smallest absolute Gasteiger partial charge is 0.266 e. The lowest BCUT2D eigenvalue weighted by molar-refractivity contribution is -0.122. The van der Waals surface area contributed by atoms with E-state index in [4.69, 9.17) is 9.73 Å². The standard InChI is InChI=1S/C36H39FN4O2S/c1-6-16-41-32-20-30(37)25(18-29(32)23(2)21-36(41,3)4)19-33-34(42)40(17-15-24-22-38-31-10-8-7-9-28(24)31)35(44-33)39-26-11-13-27(43-5)14-12-26/h7-14,18-20,22-23,38H,6,15-17,21H2,1-5H3/b33-19+,39-35?. The highest BCUT2D eigenvalue weighted by Gasteiger charge is 2.37. The fourth-order valence-electron chi connectivity index (χ4n) is 6.55. The molecule has 4 aromatic rings. The summed E-state index contributed by atoms with van der Waals surface area (Å²) in [6, 6.07) is 19.2. The van der Waals surface area contributed by atoms with E-state index in [-0.39, 0.29) is 23.2 Å². The van der Waals surface area contributed by atoms with Crippen LogP contribution in [0.3, 0.4) is 0 Å². The number of amides is 1. The highest BCUT2D eigenvalue weighted by atomic mass is 32.2. The van der Waals surface area contributed by atoms with Crippen molar-refractivity contribution < 1.29 is 13.9 Å². The molecule has 6 rings (SSSR count). The van der Waals surface area contributed by atoms with Gasteiger partial charge in [-0.25, -0.2) is 9.38 Å². The first-order valence-corrected chi connectivity index (χ1v) is 16.1. The quantitative estimate of drug-likeness (QED) is 0.203. The molecular formula is C36H39FN4O2S. The zero-order chi connectivity index (χ0) is 31.0. The predicted molar refractivity (Wildman–Crippen MR) is 181 cm³/mol. The van der Waals surface area contributed by atoms with E-state index in [2.05, 4.69) is 43.6 Å². The molecule has 0 saturated carbocycles. The molecular weight excluding hydrogens is 571 g/mol. The maximum atomic E-state index is 15.8. The number of benzene rings is 3. The van der Waals surface area contributed by atoms with Gasteiger partial charge in [-0.1, -0.05) is 32.0 Å². The summed E-state index contributed by atoms with van der Waals surface area (Å²) in [5.41, 5.74) is 5.39. The minimum atomic E-state index is -0.318. The number of carbonyl (C=O) groups is 1. The SMILES string of the molecule is CCCN1c2cc(F)c(/C=C3/SC(=Nc4ccc(OC)cc4)N(CCc4c[nH]c5ccccc45)C3=O)cc2C(C)CC1(C)C. The molecule has 44 heavy (non-hydrogen) atoms. The monoisotopic (exact) mass is 610 g/mol. The summed E-state index contributed by atoms with van der Waals surface area (Å²) in [5, 5.41) is 1.72. The Kier molecular flexibility index (Phi) is 8.29. The van der Waals surface area contributed by atoms with Gasteiger partial charge in [0.1, 0.15) is 11.6 Å². The van der Waals surface area contributed by atoms with Crippen molar-refractivity contribution >= 4 is 51.2 Å². The molecule has 8 heteroatoms. The van der Waals surface area contributed by atoms with E-state index < -0.39 is 0 Å². The van der Waals surface area contributed by atoms with E-state index in [1.54, 1.807) is 24.2 Å². The average Bonchev–Trinajstić information content (AvgIpc) is 3.55. The molecule has 1 aromatic heterocycles. The number of H-pyrrole nitrogens is 1. The number of aliphatic imine (C=N–C) groups is 1. The number of carbonyl (C=O) groups excluding carboxylic acids is 1. The number of aromatic amines is 1. The third-order valence-corrected chi connectivity index (χ3v) is 9.71. The number of nitrogens with zero attached hydrogens (tertiary/aromatic N) is 3. The zero-order valence-electron chi connectivity index (χ0n) is 26.0. The molecule has 0 radical (unpaired) electrons. The van der Waals surface area contributed by atoms with Gasteiger partial charge >= 0.3 is 0 Å². The zero-order valence-corrected chi connectivity index (χ0v) is 26.8. The van der Waals surface area contributed by atoms with Crippen LogP contribution in [0.5, 0.6) is 5.75 Å². The molecule has 0 bridgehead atoms. The van der Waals surface area contributed by atoms with Crippen LogP contribution in [-0.2, 0) is 11.2 Å². The number of hydrogen-bond donors (Lipinski definition) is 1. The molecule has 0 spiro atoms. The summed E-state index contributed by atoms with van der Waals surface area (Å²) in [6.45, 7) is 10.2. The Morgan fingerprint density at radius 3 is 2.66 bits per heavy atom. The lowest BCUT2D eigenvalue weighted by Crippen LogP contribution is -2.48. The molecule has 1 atom stereocenters. The number of methoxy groups -OCH3 is 1. The van der Waals surface area contributed by atoms with Crippen molar-refractivity contribution in [1.29, 1.82) is 0 Å². The van der Waals surface area contributed by atoms with Gasteiger partial charge in [-0.05, 0) is 110 Å². The van der Waals surface area contributed by atoms with Gasteiger partial charge in [0.2, 0.25) is 0 Å². The van der Waals surface area contributed by atoms with Crippen molar-refractivity contribution in [2.75, 3.05) is 25.1 Å². The van der Waals surface area contributed by atoms with Crippen molar-refractivity contribution in [2.45, 2.75) is 58.4 Å². The number of amidine groups is 1. The molecule has 2 aliphatic rings. The number of fused-ring (bicyclic) bond motifs is 2.